The fourth-order valence-electron chi connectivity index (χ4n) is 1.67. The lowest BCUT2D eigenvalue weighted by atomic mass is 10.2. The minimum Gasteiger partial charge on any atom is -0.478 e. The number of rotatable bonds is 2. The summed E-state index contributed by atoms with van der Waals surface area (Å²) in [4.78, 5) is 34.8. The molecule has 88 valence electrons. The summed E-state index contributed by atoms with van der Waals surface area (Å²) < 4.78 is 0.555. The van der Waals surface area contributed by atoms with Gasteiger partial charge in [0.15, 0.2) is 0 Å². The monoisotopic (exact) mass is 297 g/mol. The Hall–Kier alpha value is -1.69. The molecule has 1 aromatic carbocycles. The van der Waals surface area contributed by atoms with Crippen LogP contribution in [0.25, 0.3) is 0 Å². The lowest BCUT2D eigenvalue weighted by Crippen LogP contribution is -2.27. The molecule has 1 amide bonds. The van der Waals surface area contributed by atoms with Crippen molar-refractivity contribution >= 4 is 39.3 Å². The molecule has 1 aromatic rings. The second kappa shape index (κ2) is 4.29. The number of carboxylic acids is 1. The summed E-state index contributed by atoms with van der Waals surface area (Å²) in [6.07, 6.45) is 0.174. The first-order chi connectivity index (χ1) is 7.99. The summed E-state index contributed by atoms with van der Waals surface area (Å²) >= 11 is 3.18. The molecule has 5 nitrogen and oxygen atoms in total. The smallest absolute Gasteiger partial charge is 0.335 e. The number of anilines is 1. The minimum absolute atomic E-state index is 0.0709. The van der Waals surface area contributed by atoms with Crippen LogP contribution >= 0.6 is 15.9 Å². The van der Waals surface area contributed by atoms with E-state index >= 15 is 0 Å². The maximum atomic E-state index is 11.5. The van der Waals surface area contributed by atoms with Gasteiger partial charge in [-0.05, 0) is 18.2 Å². The molecule has 1 aliphatic heterocycles. The SMILES string of the molecule is O=C1CCN(c2cc(Br)cc(C(=O)O)c2)C1=O. The van der Waals surface area contributed by atoms with Crippen LogP contribution in [0.15, 0.2) is 22.7 Å². The average Bonchev–Trinajstić information content (AvgIpc) is 2.59. The fraction of sp³-hybridized carbons (Fsp3) is 0.182. The summed E-state index contributed by atoms with van der Waals surface area (Å²) in [5.41, 5.74) is 0.495. The number of Topliss-reactive ketones (excluding diaryl/α,β-unsaturated/α-hetero) is 1. The van der Waals surface area contributed by atoms with Crippen molar-refractivity contribution in [3.63, 3.8) is 0 Å². The van der Waals surface area contributed by atoms with Crippen LogP contribution in [0.3, 0.4) is 0 Å². The van der Waals surface area contributed by atoms with Gasteiger partial charge in [0, 0.05) is 23.1 Å². The molecule has 1 fully saturated rings. The van der Waals surface area contributed by atoms with Crippen molar-refractivity contribution in [3.05, 3.63) is 28.2 Å². The summed E-state index contributed by atoms with van der Waals surface area (Å²) in [7, 11) is 0. The van der Waals surface area contributed by atoms with Crippen LogP contribution in [0.4, 0.5) is 5.69 Å². The summed E-state index contributed by atoms with van der Waals surface area (Å²) in [6.45, 7) is 0.299. The third-order valence-electron chi connectivity index (χ3n) is 2.49. The van der Waals surface area contributed by atoms with Crippen molar-refractivity contribution in [2.45, 2.75) is 6.42 Å². The zero-order valence-corrected chi connectivity index (χ0v) is 10.2. The Morgan fingerprint density at radius 1 is 1.29 bits per heavy atom. The Balaban J connectivity index is 2.42. The third-order valence-corrected chi connectivity index (χ3v) is 2.95. The number of aromatic carboxylic acids is 1. The molecule has 17 heavy (non-hydrogen) atoms. The maximum absolute atomic E-state index is 11.5. The summed E-state index contributed by atoms with van der Waals surface area (Å²) in [5, 5.41) is 8.90. The molecule has 6 heteroatoms. The predicted octanol–water partition coefficient (Wildman–Crippen LogP) is 1.45. The first-order valence-electron chi connectivity index (χ1n) is 4.87. The normalized spacial score (nSPS) is 15.5. The van der Waals surface area contributed by atoms with Gasteiger partial charge in [0.05, 0.1) is 5.56 Å². The molecular formula is C11H8BrNO4. The molecule has 0 saturated carbocycles. The highest BCUT2D eigenvalue weighted by Crippen LogP contribution is 2.25. The van der Waals surface area contributed by atoms with Crippen LogP contribution < -0.4 is 4.90 Å². The Kier molecular flexibility index (Phi) is 2.97. The minimum atomic E-state index is -1.08. The highest BCUT2D eigenvalue weighted by Gasteiger charge is 2.30. The van der Waals surface area contributed by atoms with Crippen molar-refractivity contribution in [3.8, 4) is 0 Å². The Labute approximate surface area is 105 Å². The van der Waals surface area contributed by atoms with E-state index in [4.69, 9.17) is 5.11 Å². The number of amides is 1. The van der Waals surface area contributed by atoms with Crippen molar-refractivity contribution in [2.75, 3.05) is 11.4 Å². The van der Waals surface area contributed by atoms with Crippen molar-refractivity contribution in [2.24, 2.45) is 0 Å². The van der Waals surface area contributed by atoms with Crippen LogP contribution in [0.5, 0.6) is 0 Å². The van der Waals surface area contributed by atoms with Crippen LogP contribution in [0.2, 0.25) is 0 Å². The van der Waals surface area contributed by atoms with E-state index in [0.29, 0.717) is 16.7 Å². The zero-order valence-electron chi connectivity index (χ0n) is 8.64. The van der Waals surface area contributed by atoms with Gasteiger partial charge in [0.2, 0.25) is 5.78 Å². The maximum Gasteiger partial charge on any atom is 0.335 e. The number of hydrogen-bond acceptors (Lipinski definition) is 3. The van der Waals surface area contributed by atoms with E-state index in [1.807, 2.05) is 0 Å². The van der Waals surface area contributed by atoms with E-state index < -0.39 is 17.7 Å². The van der Waals surface area contributed by atoms with Gasteiger partial charge in [-0.15, -0.1) is 0 Å². The number of nitrogens with zero attached hydrogens (tertiary/aromatic N) is 1. The van der Waals surface area contributed by atoms with Crippen LogP contribution in [0, 0.1) is 0 Å². The Morgan fingerprint density at radius 3 is 2.53 bits per heavy atom. The third kappa shape index (κ3) is 2.21. The van der Waals surface area contributed by atoms with Crippen molar-refractivity contribution in [1.29, 1.82) is 0 Å². The van der Waals surface area contributed by atoms with Crippen molar-refractivity contribution in [1.82, 2.24) is 0 Å². The van der Waals surface area contributed by atoms with Gasteiger partial charge >= 0.3 is 5.97 Å². The molecule has 1 N–H and O–H groups in total. The molecule has 0 radical (unpaired) electrons. The van der Waals surface area contributed by atoms with E-state index in [9.17, 15) is 14.4 Å². The molecule has 2 rings (SSSR count). The van der Waals surface area contributed by atoms with Gasteiger partial charge in [0.25, 0.3) is 5.91 Å². The lowest BCUT2D eigenvalue weighted by molar-refractivity contribution is -0.133. The van der Waals surface area contributed by atoms with Gasteiger partial charge in [-0.2, -0.15) is 0 Å². The second-order valence-electron chi connectivity index (χ2n) is 3.63. The van der Waals surface area contributed by atoms with E-state index in [2.05, 4.69) is 15.9 Å². The van der Waals surface area contributed by atoms with Crippen LogP contribution in [-0.4, -0.2) is 29.3 Å². The first kappa shape index (κ1) is 11.8. The average molecular weight is 298 g/mol. The number of ketones is 1. The number of carbonyl (C=O) groups is 3. The largest absolute Gasteiger partial charge is 0.478 e. The fourth-order valence-corrected chi connectivity index (χ4v) is 2.15. The molecule has 0 bridgehead atoms. The standard InChI is InChI=1S/C11H8BrNO4/c12-7-3-6(11(16)17)4-8(5-7)13-2-1-9(14)10(13)15/h3-5H,1-2H2,(H,16,17). The van der Waals surface area contributed by atoms with E-state index in [1.165, 1.54) is 17.0 Å². The topological polar surface area (TPSA) is 74.7 Å². The molecule has 0 spiro atoms. The molecule has 1 heterocycles. The van der Waals surface area contributed by atoms with Gasteiger partial charge in [-0.3, -0.25) is 9.59 Å². The quantitative estimate of drug-likeness (QED) is 0.839. The summed E-state index contributed by atoms with van der Waals surface area (Å²) in [6, 6.07) is 4.43. The number of halogens is 1. The molecule has 1 aliphatic rings. The number of carboxylic acid groups (broad SMARTS) is 1. The molecular weight excluding hydrogens is 290 g/mol. The van der Waals surface area contributed by atoms with Crippen LogP contribution in [0.1, 0.15) is 16.8 Å². The number of benzene rings is 1. The molecule has 0 unspecified atom stereocenters. The Bertz CT molecular complexity index is 526. The lowest BCUT2D eigenvalue weighted by Gasteiger charge is -2.15. The molecule has 1 saturated heterocycles. The van der Waals surface area contributed by atoms with Crippen molar-refractivity contribution < 1.29 is 19.5 Å². The van der Waals surface area contributed by atoms with Gasteiger partial charge in [-0.25, -0.2) is 4.79 Å². The van der Waals surface area contributed by atoms with Gasteiger partial charge in [-0.1, -0.05) is 15.9 Å². The molecule has 0 aliphatic carbocycles. The highest BCUT2D eigenvalue weighted by atomic mass is 79.9. The zero-order chi connectivity index (χ0) is 12.6. The predicted molar refractivity (Wildman–Crippen MR) is 63.1 cm³/mol. The van der Waals surface area contributed by atoms with Crippen LogP contribution in [-0.2, 0) is 9.59 Å². The first-order valence-corrected chi connectivity index (χ1v) is 5.67. The Morgan fingerprint density at radius 2 is 2.00 bits per heavy atom. The molecule has 0 aromatic heterocycles. The number of carbonyl (C=O) groups excluding carboxylic acids is 2. The summed E-state index contributed by atoms with van der Waals surface area (Å²) in [5.74, 6) is -2.10. The van der Waals surface area contributed by atoms with Gasteiger partial charge in [0.1, 0.15) is 0 Å². The van der Waals surface area contributed by atoms with E-state index in [1.54, 1.807) is 6.07 Å². The van der Waals surface area contributed by atoms with E-state index in [0.717, 1.165) is 0 Å². The number of hydrogen-bond donors (Lipinski definition) is 1. The van der Waals surface area contributed by atoms with Gasteiger partial charge < -0.3 is 10.0 Å². The highest BCUT2D eigenvalue weighted by molar-refractivity contribution is 9.10. The second-order valence-corrected chi connectivity index (χ2v) is 4.55. The molecule has 0 atom stereocenters. The van der Waals surface area contributed by atoms with E-state index in [-0.39, 0.29) is 12.0 Å².